The Balaban J connectivity index is 2.32. The molecule has 1 unspecified atom stereocenters. The lowest BCUT2D eigenvalue weighted by molar-refractivity contribution is 0.265. The summed E-state index contributed by atoms with van der Waals surface area (Å²) in [6.45, 7) is 3.14. The first-order chi connectivity index (χ1) is 10.2. The molecule has 1 N–H and O–H groups in total. The van der Waals surface area contributed by atoms with Gasteiger partial charge in [-0.25, -0.2) is 4.39 Å². The van der Waals surface area contributed by atoms with E-state index >= 15 is 0 Å². The second-order valence-electron chi connectivity index (χ2n) is 5.84. The Hall–Kier alpha value is -0.610. The number of nitrogens with one attached hydrogen (secondary N) is 1. The summed E-state index contributed by atoms with van der Waals surface area (Å²) in [4.78, 5) is 0. The van der Waals surface area contributed by atoms with Gasteiger partial charge >= 0.3 is 0 Å². The Morgan fingerprint density at radius 2 is 2.05 bits per heavy atom. The van der Waals surface area contributed by atoms with E-state index in [2.05, 4.69) is 28.2 Å². The van der Waals surface area contributed by atoms with E-state index in [9.17, 15) is 4.39 Å². The summed E-state index contributed by atoms with van der Waals surface area (Å²) in [6.07, 6.45) is 7.48. The number of hydrogen-bond donors (Lipinski definition) is 1. The molecular formula is C17H25BrFNO. The van der Waals surface area contributed by atoms with Crippen LogP contribution in [0.5, 0.6) is 5.75 Å². The monoisotopic (exact) mass is 357 g/mol. The molecule has 0 aromatic heterocycles. The lowest BCUT2D eigenvalue weighted by atomic mass is 9.81. The van der Waals surface area contributed by atoms with Crippen LogP contribution in [0.3, 0.4) is 0 Å². The molecule has 4 heteroatoms. The highest BCUT2D eigenvalue weighted by molar-refractivity contribution is 9.10. The van der Waals surface area contributed by atoms with E-state index in [0.717, 1.165) is 18.5 Å². The van der Waals surface area contributed by atoms with Crippen LogP contribution in [0.15, 0.2) is 16.6 Å². The van der Waals surface area contributed by atoms with E-state index in [0.29, 0.717) is 16.1 Å². The third-order valence-electron chi connectivity index (χ3n) is 4.34. The van der Waals surface area contributed by atoms with Crippen molar-refractivity contribution in [1.82, 2.24) is 5.32 Å². The summed E-state index contributed by atoms with van der Waals surface area (Å²) in [7, 11) is 1.62. The van der Waals surface area contributed by atoms with Gasteiger partial charge in [-0.3, -0.25) is 0 Å². The van der Waals surface area contributed by atoms with Gasteiger partial charge in [0.1, 0.15) is 11.6 Å². The second kappa shape index (κ2) is 8.14. The molecule has 1 aliphatic rings. The summed E-state index contributed by atoms with van der Waals surface area (Å²) in [5.74, 6) is 0.986. The zero-order valence-electron chi connectivity index (χ0n) is 12.9. The fraction of sp³-hybridized carbons (Fsp3) is 0.647. The summed E-state index contributed by atoms with van der Waals surface area (Å²) in [5.41, 5.74) is 1.08. The molecule has 1 aromatic rings. The van der Waals surface area contributed by atoms with Gasteiger partial charge in [-0.1, -0.05) is 26.2 Å². The number of methoxy groups -OCH3 is 1. The van der Waals surface area contributed by atoms with E-state index in [4.69, 9.17) is 4.74 Å². The average molecular weight is 358 g/mol. The van der Waals surface area contributed by atoms with Crippen LogP contribution in [0.4, 0.5) is 4.39 Å². The van der Waals surface area contributed by atoms with Gasteiger partial charge in [0.2, 0.25) is 0 Å². The van der Waals surface area contributed by atoms with Crippen molar-refractivity contribution in [1.29, 1.82) is 0 Å². The van der Waals surface area contributed by atoms with Crippen molar-refractivity contribution in [2.75, 3.05) is 13.7 Å². The van der Waals surface area contributed by atoms with Crippen molar-refractivity contribution in [3.63, 3.8) is 0 Å². The quantitative estimate of drug-likeness (QED) is 0.753. The van der Waals surface area contributed by atoms with Crippen molar-refractivity contribution in [2.24, 2.45) is 5.92 Å². The van der Waals surface area contributed by atoms with Crippen molar-refractivity contribution in [2.45, 2.75) is 51.5 Å². The minimum atomic E-state index is -0.270. The molecule has 2 rings (SSSR count). The van der Waals surface area contributed by atoms with Gasteiger partial charge in [0.25, 0.3) is 0 Å². The van der Waals surface area contributed by atoms with Gasteiger partial charge in [0, 0.05) is 17.7 Å². The van der Waals surface area contributed by atoms with Crippen LogP contribution in [0.1, 0.15) is 57.1 Å². The molecule has 0 radical (unpaired) electrons. The molecule has 1 atom stereocenters. The van der Waals surface area contributed by atoms with Crippen LogP contribution in [-0.2, 0) is 0 Å². The van der Waals surface area contributed by atoms with Gasteiger partial charge in [0.15, 0.2) is 0 Å². The Kier molecular flexibility index (Phi) is 6.49. The average Bonchev–Trinajstić information content (AvgIpc) is 2.51. The molecule has 1 aliphatic carbocycles. The maximum Gasteiger partial charge on any atom is 0.141 e. The largest absolute Gasteiger partial charge is 0.496 e. The summed E-state index contributed by atoms with van der Waals surface area (Å²) >= 11 is 3.31. The van der Waals surface area contributed by atoms with E-state index < -0.39 is 0 Å². The van der Waals surface area contributed by atoms with Gasteiger partial charge in [0.05, 0.1) is 11.6 Å². The van der Waals surface area contributed by atoms with Crippen molar-refractivity contribution in [3.05, 3.63) is 28.0 Å². The van der Waals surface area contributed by atoms with Crippen LogP contribution in [0.25, 0.3) is 0 Å². The highest BCUT2D eigenvalue weighted by atomic mass is 79.9. The SMILES string of the molecule is CCCNC(c1cc(Br)c(F)cc1OC)C1CCCCC1. The molecule has 0 bridgehead atoms. The van der Waals surface area contributed by atoms with Crippen molar-refractivity contribution < 1.29 is 9.13 Å². The number of rotatable bonds is 6. The zero-order chi connectivity index (χ0) is 15.2. The van der Waals surface area contributed by atoms with Gasteiger partial charge < -0.3 is 10.1 Å². The highest BCUT2D eigenvalue weighted by Gasteiger charge is 2.27. The van der Waals surface area contributed by atoms with Crippen LogP contribution >= 0.6 is 15.9 Å². The Bertz CT molecular complexity index is 460. The smallest absolute Gasteiger partial charge is 0.141 e. The first kappa shape index (κ1) is 16.8. The summed E-state index contributed by atoms with van der Waals surface area (Å²) in [6, 6.07) is 3.62. The molecule has 0 heterocycles. The maximum absolute atomic E-state index is 13.8. The van der Waals surface area contributed by atoms with E-state index in [1.807, 2.05) is 6.07 Å². The van der Waals surface area contributed by atoms with E-state index in [-0.39, 0.29) is 11.9 Å². The number of ether oxygens (including phenoxy) is 1. The number of hydrogen-bond acceptors (Lipinski definition) is 2. The lowest BCUT2D eigenvalue weighted by Crippen LogP contribution is -2.30. The zero-order valence-corrected chi connectivity index (χ0v) is 14.5. The third kappa shape index (κ3) is 4.19. The van der Waals surface area contributed by atoms with Crippen LogP contribution < -0.4 is 10.1 Å². The normalized spacial score (nSPS) is 17.7. The van der Waals surface area contributed by atoms with Crippen molar-refractivity contribution >= 4 is 15.9 Å². The highest BCUT2D eigenvalue weighted by Crippen LogP contribution is 2.39. The Labute approximate surface area is 135 Å². The standard InChI is InChI=1S/C17H25BrFNO/c1-3-9-20-17(12-7-5-4-6-8-12)13-10-14(18)15(19)11-16(13)21-2/h10-12,17,20H,3-9H2,1-2H3. The Morgan fingerprint density at radius 3 is 2.67 bits per heavy atom. The fourth-order valence-corrected chi connectivity index (χ4v) is 3.62. The van der Waals surface area contributed by atoms with Gasteiger partial charge in [-0.2, -0.15) is 0 Å². The van der Waals surface area contributed by atoms with Crippen LogP contribution in [0, 0.1) is 11.7 Å². The first-order valence-electron chi connectivity index (χ1n) is 7.93. The van der Waals surface area contributed by atoms with Gasteiger partial charge in [-0.05, 0) is 53.7 Å². The summed E-state index contributed by atoms with van der Waals surface area (Å²) in [5, 5.41) is 3.65. The predicted molar refractivity (Wildman–Crippen MR) is 88.3 cm³/mol. The fourth-order valence-electron chi connectivity index (χ4n) is 3.26. The van der Waals surface area contributed by atoms with Crippen molar-refractivity contribution in [3.8, 4) is 5.75 Å². The maximum atomic E-state index is 13.8. The minimum absolute atomic E-state index is 0.247. The van der Waals surface area contributed by atoms with Crippen LogP contribution in [0.2, 0.25) is 0 Å². The molecule has 2 nitrogen and oxygen atoms in total. The van der Waals surface area contributed by atoms with Crippen LogP contribution in [-0.4, -0.2) is 13.7 Å². The van der Waals surface area contributed by atoms with E-state index in [1.165, 1.54) is 38.2 Å². The molecule has 1 fully saturated rings. The molecule has 0 amide bonds. The topological polar surface area (TPSA) is 21.3 Å². The Morgan fingerprint density at radius 1 is 1.33 bits per heavy atom. The molecule has 21 heavy (non-hydrogen) atoms. The molecule has 0 saturated heterocycles. The summed E-state index contributed by atoms with van der Waals surface area (Å²) < 4.78 is 19.7. The molecule has 118 valence electrons. The number of benzene rings is 1. The minimum Gasteiger partial charge on any atom is -0.496 e. The first-order valence-corrected chi connectivity index (χ1v) is 8.73. The second-order valence-corrected chi connectivity index (χ2v) is 6.69. The molecule has 0 spiro atoms. The van der Waals surface area contributed by atoms with E-state index in [1.54, 1.807) is 7.11 Å². The predicted octanol–water partition coefficient (Wildman–Crippen LogP) is 5.22. The lowest BCUT2D eigenvalue weighted by Gasteiger charge is -2.32. The molecular weight excluding hydrogens is 333 g/mol. The van der Waals surface area contributed by atoms with Gasteiger partial charge in [-0.15, -0.1) is 0 Å². The number of halogens is 2. The molecule has 1 aromatic carbocycles. The third-order valence-corrected chi connectivity index (χ3v) is 4.95. The molecule has 1 saturated carbocycles. The molecule has 0 aliphatic heterocycles.